The van der Waals surface area contributed by atoms with Crippen LogP contribution < -0.4 is 0 Å². The summed E-state index contributed by atoms with van der Waals surface area (Å²) in [5, 5.41) is 0. The molecule has 17 heavy (non-hydrogen) atoms. The molecule has 0 saturated heterocycles. The van der Waals surface area contributed by atoms with E-state index in [0.29, 0.717) is 0 Å². The van der Waals surface area contributed by atoms with E-state index in [0.717, 1.165) is 11.8 Å². The molecule has 0 aromatic rings. The van der Waals surface area contributed by atoms with Gasteiger partial charge >= 0.3 is 0 Å². The molecule has 1 saturated carbocycles. The molecule has 0 nitrogen and oxygen atoms in total. The highest BCUT2D eigenvalue weighted by Crippen LogP contribution is 2.33. The average molecular weight is 237 g/mol. The summed E-state index contributed by atoms with van der Waals surface area (Å²) in [6.45, 7) is 6.67. The minimum Gasteiger partial charge on any atom is -0.0654 e. The lowest BCUT2D eigenvalue weighted by molar-refractivity contribution is 0.365. The molecule has 1 fully saturated rings. The van der Waals surface area contributed by atoms with Gasteiger partial charge in [0.15, 0.2) is 0 Å². The van der Waals surface area contributed by atoms with E-state index < -0.39 is 0 Å². The van der Waals surface area contributed by atoms with E-state index in [1.807, 2.05) is 0 Å². The summed E-state index contributed by atoms with van der Waals surface area (Å²) in [6, 6.07) is 0. The Hall–Kier alpha value is 0. The smallest absolute Gasteiger partial charge is 0.0386 e. The maximum Gasteiger partial charge on any atom is -0.0386 e. The second-order valence-corrected chi connectivity index (χ2v) is 6.07. The van der Waals surface area contributed by atoms with Gasteiger partial charge in [-0.25, -0.2) is 0 Å². The Morgan fingerprint density at radius 1 is 0.882 bits per heavy atom. The van der Waals surface area contributed by atoms with Crippen LogP contribution in [0.1, 0.15) is 90.4 Å². The van der Waals surface area contributed by atoms with Crippen molar-refractivity contribution in [3.05, 3.63) is 6.92 Å². The first-order chi connectivity index (χ1) is 8.34. The summed E-state index contributed by atoms with van der Waals surface area (Å²) in [6.07, 6.45) is 18.8. The van der Waals surface area contributed by atoms with Crippen molar-refractivity contribution in [1.29, 1.82) is 0 Å². The molecular weight excluding hydrogens is 204 g/mol. The van der Waals surface area contributed by atoms with Gasteiger partial charge in [0.2, 0.25) is 0 Å². The van der Waals surface area contributed by atoms with Gasteiger partial charge in [-0.15, -0.1) is 0 Å². The molecule has 0 bridgehead atoms. The highest BCUT2D eigenvalue weighted by molar-refractivity contribution is 4.76. The Bertz CT molecular complexity index is 155. The zero-order chi connectivity index (χ0) is 12.3. The minimum atomic E-state index is 0.762. The molecule has 1 aliphatic carbocycles. The molecule has 0 heterocycles. The fourth-order valence-electron chi connectivity index (χ4n) is 3.20. The van der Waals surface area contributed by atoms with Crippen LogP contribution in [0.2, 0.25) is 0 Å². The number of unbranched alkanes of at least 4 members (excludes halogenated alkanes) is 7. The summed E-state index contributed by atoms with van der Waals surface area (Å²) in [5.41, 5.74) is 0. The van der Waals surface area contributed by atoms with E-state index in [4.69, 9.17) is 0 Å². The molecule has 1 rings (SSSR count). The zero-order valence-corrected chi connectivity index (χ0v) is 12.1. The summed E-state index contributed by atoms with van der Waals surface area (Å²) in [4.78, 5) is 0. The third kappa shape index (κ3) is 7.11. The average Bonchev–Trinajstić information content (AvgIpc) is 2.86. The zero-order valence-electron chi connectivity index (χ0n) is 12.1. The summed E-state index contributed by atoms with van der Waals surface area (Å²) in [7, 11) is 0. The number of rotatable bonds is 10. The van der Waals surface area contributed by atoms with Crippen molar-refractivity contribution in [1.82, 2.24) is 0 Å². The molecule has 0 aromatic heterocycles. The van der Waals surface area contributed by atoms with Crippen LogP contribution in [-0.4, -0.2) is 0 Å². The quantitative estimate of drug-likeness (QED) is 0.399. The topological polar surface area (TPSA) is 0 Å². The van der Waals surface area contributed by atoms with E-state index in [9.17, 15) is 0 Å². The highest BCUT2D eigenvalue weighted by Gasteiger charge is 2.20. The van der Waals surface area contributed by atoms with Crippen molar-refractivity contribution in [2.75, 3.05) is 0 Å². The van der Waals surface area contributed by atoms with Gasteiger partial charge in [-0.05, 0) is 18.8 Å². The molecular formula is C17H33. The van der Waals surface area contributed by atoms with Crippen molar-refractivity contribution >= 4 is 0 Å². The normalized spacial score (nSPS) is 18.7. The van der Waals surface area contributed by atoms with Crippen molar-refractivity contribution < 1.29 is 0 Å². The van der Waals surface area contributed by atoms with Gasteiger partial charge in [-0.3, -0.25) is 0 Å². The van der Waals surface area contributed by atoms with Crippen LogP contribution in [0.5, 0.6) is 0 Å². The van der Waals surface area contributed by atoms with Crippen LogP contribution in [-0.2, 0) is 0 Å². The molecule has 0 N–H and O–H groups in total. The first kappa shape index (κ1) is 15.1. The lowest BCUT2D eigenvalue weighted by Gasteiger charge is -2.18. The summed E-state index contributed by atoms with van der Waals surface area (Å²) < 4.78 is 0. The van der Waals surface area contributed by atoms with Gasteiger partial charge in [-0.1, -0.05) is 90.4 Å². The van der Waals surface area contributed by atoms with Crippen LogP contribution in [0.15, 0.2) is 0 Å². The summed E-state index contributed by atoms with van der Waals surface area (Å²) >= 11 is 0. The first-order valence-electron chi connectivity index (χ1n) is 8.17. The Balaban J connectivity index is 1.83. The van der Waals surface area contributed by atoms with E-state index in [-0.39, 0.29) is 0 Å². The van der Waals surface area contributed by atoms with Crippen LogP contribution in [0.25, 0.3) is 0 Å². The van der Waals surface area contributed by atoms with Gasteiger partial charge in [0.25, 0.3) is 0 Å². The monoisotopic (exact) mass is 237 g/mol. The van der Waals surface area contributed by atoms with Crippen molar-refractivity contribution in [3.8, 4) is 0 Å². The van der Waals surface area contributed by atoms with E-state index >= 15 is 0 Å². The van der Waals surface area contributed by atoms with Crippen LogP contribution >= 0.6 is 0 Å². The molecule has 0 heteroatoms. The van der Waals surface area contributed by atoms with Gasteiger partial charge in [0, 0.05) is 0 Å². The third-order valence-electron chi connectivity index (χ3n) is 4.49. The van der Waals surface area contributed by atoms with Crippen LogP contribution in [0.4, 0.5) is 0 Å². The molecule has 101 valence electrons. The Kier molecular flexibility index (Phi) is 8.83. The van der Waals surface area contributed by atoms with E-state index in [1.165, 1.54) is 83.5 Å². The van der Waals surface area contributed by atoms with Crippen molar-refractivity contribution in [3.63, 3.8) is 0 Å². The fraction of sp³-hybridized carbons (Fsp3) is 0.941. The number of hydrogen-bond acceptors (Lipinski definition) is 0. The maximum absolute atomic E-state index is 4.38. The Morgan fingerprint density at radius 3 is 2.00 bits per heavy atom. The molecule has 1 radical (unpaired) electrons. The maximum atomic E-state index is 4.38. The SMILES string of the molecule is [CH2]C(CCCCCCCCCC)C1CCCC1. The lowest BCUT2D eigenvalue weighted by Crippen LogP contribution is -2.07. The molecule has 0 aromatic carbocycles. The minimum absolute atomic E-state index is 0.762. The van der Waals surface area contributed by atoms with Crippen LogP contribution in [0.3, 0.4) is 0 Å². The lowest BCUT2D eigenvalue weighted by atomic mass is 9.88. The van der Waals surface area contributed by atoms with Crippen molar-refractivity contribution in [2.45, 2.75) is 90.4 Å². The predicted octanol–water partition coefficient (Wildman–Crippen LogP) is 6.16. The standard InChI is InChI=1S/C17H33/c1-3-4-5-6-7-8-9-10-13-16(2)17-14-11-12-15-17/h16-17H,2-15H2,1H3. The predicted molar refractivity (Wildman–Crippen MR) is 78.0 cm³/mol. The van der Waals surface area contributed by atoms with E-state index in [2.05, 4.69) is 13.8 Å². The molecule has 0 aliphatic heterocycles. The van der Waals surface area contributed by atoms with E-state index in [1.54, 1.807) is 0 Å². The molecule has 1 atom stereocenters. The third-order valence-corrected chi connectivity index (χ3v) is 4.49. The molecule has 1 aliphatic rings. The molecule has 1 unspecified atom stereocenters. The van der Waals surface area contributed by atoms with Gasteiger partial charge < -0.3 is 0 Å². The van der Waals surface area contributed by atoms with Crippen molar-refractivity contribution in [2.24, 2.45) is 11.8 Å². The second-order valence-electron chi connectivity index (χ2n) is 6.07. The van der Waals surface area contributed by atoms with Gasteiger partial charge in [0.05, 0.1) is 0 Å². The second kappa shape index (κ2) is 9.97. The van der Waals surface area contributed by atoms with Crippen LogP contribution in [0, 0.1) is 18.8 Å². The molecule has 0 amide bonds. The molecule has 0 spiro atoms. The highest BCUT2D eigenvalue weighted by atomic mass is 14.3. The van der Waals surface area contributed by atoms with Gasteiger partial charge in [-0.2, -0.15) is 0 Å². The Labute approximate surface area is 110 Å². The largest absolute Gasteiger partial charge is 0.0654 e. The Morgan fingerprint density at radius 2 is 1.41 bits per heavy atom. The number of hydrogen-bond donors (Lipinski definition) is 0. The fourth-order valence-corrected chi connectivity index (χ4v) is 3.20. The summed E-state index contributed by atoms with van der Waals surface area (Å²) in [5.74, 6) is 1.73. The first-order valence-corrected chi connectivity index (χ1v) is 8.17. The van der Waals surface area contributed by atoms with Gasteiger partial charge in [0.1, 0.15) is 0 Å².